The summed E-state index contributed by atoms with van der Waals surface area (Å²) in [4.78, 5) is 18.7. The zero-order valence-electron chi connectivity index (χ0n) is 19.3. The normalized spacial score (nSPS) is 25.5. The van der Waals surface area contributed by atoms with Crippen LogP contribution in [0.1, 0.15) is 56.4 Å². The summed E-state index contributed by atoms with van der Waals surface area (Å²) in [5.41, 5.74) is 1.05. The molecular weight excluding hydrogens is 458 g/mol. The van der Waals surface area contributed by atoms with Crippen LogP contribution < -0.4 is 15.1 Å². The van der Waals surface area contributed by atoms with Crippen LogP contribution in [0.3, 0.4) is 0 Å². The van der Waals surface area contributed by atoms with Gasteiger partial charge in [-0.1, -0.05) is 38.5 Å². The number of hydrogen-bond acceptors (Lipinski definition) is 7. The van der Waals surface area contributed by atoms with E-state index in [1.165, 1.54) is 34.3 Å². The van der Waals surface area contributed by atoms with E-state index in [0.717, 1.165) is 35.9 Å². The van der Waals surface area contributed by atoms with Gasteiger partial charge in [-0.25, -0.2) is 0 Å². The van der Waals surface area contributed by atoms with Gasteiger partial charge in [-0.2, -0.15) is 13.4 Å². The summed E-state index contributed by atoms with van der Waals surface area (Å²) < 4.78 is 32.0. The molecule has 33 heavy (non-hydrogen) atoms. The smallest absolute Gasteiger partial charge is 0.340 e. The topological polar surface area (TPSA) is 89.8 Å². The maximum atomic E-state index is 12.7. The van der Waals surface area contributed by atoms with Crippen LogP contribution in [-0.2, 0) is 10.1 Å². The minimum Gasteiger partial charge on any atom is -0.358 e. The fraction of sp³-hybridized carbons (Fsp3) is 0.500. The summed E-state index contributed by atoms with van der Waals surface area (Å²) in [6.45, 7) is 9.72. The summed E-state index contributed by atoms with van der Waals surface area (Å²) in [6, 6.07) is 7.49. The predicted octanol–water partition coefficient (Wildman–Crippen LogP) is 4.10. The highest BCUT2D eigenvalue weighted by Gasteiger charge is 2.60. The van der Waals surface area contributed by atoms with E-state index in [4.69, 9.17) is 4.18 Å². The first kappa shape index (κ1) is 22.6. The number of nitrogens with one attached hydrogen (secondary N) is 1. The van der Waals surface area contributed by atoms with Crippen molar-refractivity contribution in [2.75, 3.05) is 6.54 Å². The molecule has 7 nitrogen and oxygen atoms in total. The summed E-state index contributed by atoms with van der Waals surface area (Å²) in [5, 5.41) is 3.76. The first-order valence-corrected chi connectivity index (χ1v) is 13.5. The molecule has 0 amide bonds. The Kier molecular flexibility index (Phi) is 5.23. The Labute approximate surface area is 198 Å². The molecule has 1 N–H and O–H groups in total. The van der Waals surface area contributed by atoms with E-state index in [1.54, 1.807) is 12.1 Å². The maximum Gasteiger partial charge on any atom is 0.340 e. The Morgan fingerprint density at radius 2 is 1.94 bits per heavy atom. The third-order valence-electron chi connectivity index (χ3n) is 6.97. The van der Waals surface area contributed by atoms with Crippen LogP contribution in [0, 0.1) is 18.3 Å². The second-order valence-corrected chi connectivity index (χ2v) is 13.1. The number of aryl methyl sites for hydroxylation is 1. The third kappa shape index (κ3) is 4.22. The first-order valence-electron chi connectivity index (χ1n) is 11.3. The van der Waals surface area contributed by atoms with E-state index < -0.39 is 10.1 Å². The molecular formula is C24H29N3O4S2. The van der Waals surface area contributed by atoms with Crippen molar-refractivity contribution in [2.45, 2.75) is 63.3 Å². The molecule has 1 aromatic carbocycles. The Hall–Kier alpha value is -2.23. The number of thiazole rings is 1. The van der Waals surface area contributed by atoms with Gasteiger partial charge in [-0.3, -0.25) is 9.20 Å². The zero-order valence-corrected chi connectivity index (χ0v) is 20.9. The van der Waals surface area contributed by atoms with Crippen molar-refractivity contribution in [3.8, 4) is 5.88 Å². The van der Waals surface area contributed by atoms with Crippen molar-refractivity contribution in [3.05, 3.63) is 57.3 Å². The Morgan fingerprint density at radius 3 is 2.61 bits per heavy atom. The van der Waals surface area contributed by atoms with Gasteiger partial charge >= 0.3 is 10.1 Å². The van der Waals surface area contributed by atoms with Gasteiger partial charge in [0.1, 0.15) is 4.90 Å². The summed E-state index contributed by atoms with van der Waals surface area (Å²) in [6.07, 6.45) is 5.10. The van der Waals surface area contributed by atoms with Crippen LogP contribution in [0.25, 0.3) is 4.96 Å². The van der Waals surface area contributed by atoms with Crippen molar-refractivity contribution < 1.29 is 12.6 Å². The molecule has 5 rings (SSSR count). The number of fused-ring (bicyclic) bond motifs is 1. The second-order valence-electron chi connectivity index (χ2n) is 10.5. The van der Waals surface area contributed by atoms with Gasteiger partial charge in [-0.15, -0.1) is 11.3 Å². The second kappa shape index (κ2) is 7.65. The molecule has 3 atom stereocenters. The van der Waals surface area contributed by atoms with Crippen LogP contribution in [-0.4, -0.2) is 29.9 Å². The van der Waals surface area contributed by atoms with Gasteiger partial charge in [0, 0.05) is 16.6 Å². The monoisotopic (exact) mass is 487 g/mol. The van der Waals surface area contributed by atoms with E-state index in [0.29, 0.717) is 16.8 Å². The number of hydrogen-bond donors (Lipinski definition) is 1. The van der Waals surface area contributed by atoms with Crippen LogP contribution >= 0.6 is 11.3 Å². The van der Waals surface area contributed by atoms with Crippen molar-refractivity contribution in [1.29, 1.82) is 0 Å². The molecule has 1 spiro atoms. The Bertz CT molecular complexity index is 1370. The lowest BCUT2D eigenvalue weighted by Crippen LogP contribution is -2.42. The highest BCUT2D eigenvalue weighted by molar-refractivity contribution is 7.87. The lowest BCUT2D eigenvalue weighted by atomic mass is 9.82. The largest absolute Gasteiger partial charge is 0.358 e. The zero-order chi connectivity index (χ0) is 23.6. The molecule has 176 valence electrons. The first-order chi connectivity index (χ1) is 15.5. The Balaban J connectivity index is 1.41. The van der Waals surface area contributed by atoms with E-state index >= 15 is 0 Å². The molecule has 1 saturated heterocycles. The lowest BCUT2D eigenvalue weighted by Gasteiger charge is -2.33. The van der Waals surface area contributed by atoms with Gasteiger partial charge in [0.05, 0.1) is 6.07 Å². The summed E-state index contributed by atoms with van der Waals surface area (Å²) in [5.74, 6) is 0.797. The number of benzene rings is 1. The van der Waals surface area contributed by atoms with Gasteiger partial charge in [-0.05, 0) is 62.1 Å². The number of rotatable bonds is 4. The number of aromatic nitrogens is 2. The molecule has 1 aliphatic carbocycles. The van der Waals surface area contributed by atoms with Gasteiger partial charge in [0.15, 0.2) is 4.96 Å². The molecule has 3 aromatic rings. The number of piperidine rings is 1. The quantitative estimate of drug-likeness (QED) is 0.557. The lowest BCUT2D eigenvalue weighted by molar-refractivity contribution is 0.249. The van der Waals surface area contributed by atoms with Crippen molar-refractivity contribution in [3.63, 3.8) is 0 Å². The van der Waals surface area contributed by atoms with Crippen LogP contribution in [0.2, 0.25) is 0 Å². The van der Waals surface area contributed by atoms with Crippen LogP contribution in [0.5, 0.6) is 5.88 Å². The molecule has 9 heteroatoms. The van der Waals surface area contributed by atoms with E-state index in [-0.39, 0.29) is 27.3 Å². The molecule has 3 heterocycles. The van der Waals surface area contributed by atoms with E-state index in [9.17, 15) is 13.2 Å². The van der Waals surface area contributed by atoms with Gasteiger partial charge < -0.3 is 9.50 Å². The van der Waals surface area contributed by atoms with Crippen LogP contribution in [0.15, 0.2) is 46.2 Å². The van der Waals surface area contributed by atoms with Crippen molar-refractivity contribution >= 4 is 26.4 Å². The summed E-state index contributed by atoms with van der Waals surface area (Å²) in [7, 11) is -4.07. The Morgan fingerprint density at radius 1 is 1.21 bits per heavy atom. The minimum absolute atomic E-state index is 0.0276. The van der Waals surface area contributed by atoms with Crippen molar-refractivity contribution in [1.82, 2.24) is 14.7 Å². The fourth-order valence-corrected chi connectivity index (χ4v) is 7.20. The SMILES string of the molecule is Cc1ccc(S(=O)(=O)Oc2cc(=O)n3cc([C@@H]4CCNC5(CC5C(C)(C)C)C4)sc3n2)cc1. The van der Waals surface area contributed by atoms with E-state index in [1.807, 2.05) is 13.1 Å². The standard InChI is InChI=1S/C24H29N3O4S2/c1-15-5-7-17(8-6-15)33(29,30)31-20-11-21(28)27-14-18(32-22(27)26-20)16-9-10-25-24(12-16)13-19(24)23(2,3)4/h5-8,11,14,16,19,25H,9-10,12-13H2,1-4H3/t16-,19?,24?/m1/s1. The van der Waals surface area contributed by atoms with E-state index in [2.05, 4.69) is 31.1 Å². The highest BCUT2D eigenvalue weighted by atomic mass is 32.2. The number of nitrogens with zero attached hydrogens (tertiary/aromatic N) is 2. The van der Waals surface area contributed by atoms with Gasteiger partial charge in [0.25, 0.3) is 5.56 Å². The van der Waals surface area contributed by atoms with Gasteiger partial charge in [0.2, 0.25) is 5.88 Å². The molecule has 2 aliphatic rings. The van der Waals surface area contributed by atoms with Crippen molar-refractivity contribution in [2.24, 2.45) is 11.3 Å². The average molecular weight is 488 g/mol. The molecule has 2 aromatic heterocycles. The predicted molar refractivity (Wildman–Crippen MR) is 129 cm³/mol. The highest BCUT2D eigenvalue weighted by Crippen LogP contribution is 2.59. The molecule has 1 aliphatic heterocycles. The molecule has 2 unspecified atom stereocenters. The molecule has 1 saturated carbocycles. The third-order valence-corrected chi connectivity index (χ3v) is 9.35. The molecule has 2 fully saturated rings. The molecule has 0 bridgehead atoms. The molecule has 0 radical (unpaired) electrons. The summed E-state index contributed by atoms with van der Waals surface area (Å²) >= 11 is 1.44. The average Bonchev–Trinajstić information content (AvgIpc) is 3.25. The minimum atomic E-state index is -4.07. The fourth-order valence-electron chi connectivity index (χ4n) is 5.21. The van der Waals surface area contributed by atoms with Crippen LogP contribution in [0.4, 0.5) is 0 Å². The maximum absolute atomic E-state index is 12.7.